The minimum atomic E-state index is -0.652. The van der Waals surface area contributed by atoms with Crippen LogP contribution in [0.5, 0.6) is 11.5 Å². The van der Waals surface area contributed by atoms with E-state index >= 15 is 0 Å². The maximum absolute atomic E-state index is 10.7. The summed E-state index contributed by atoms with van der Waals surface area (Å²) in [5.74, 6) is -0.791. The summed E-state index contributed by atoms with van der Waals surface area (Å²) in [6.45, 7) is 0. The van der Waals surface area contributed by atoms with Gasteiger partial charge in [-0.2, -0.15) is 0 Å². The topological polar surface area (TPSA) is 89.8 Å². The van der Waals surface area contributed by atoms with Crippen molar-refractivity contribution in [3.63, 3.8) is 0 Å². The second-order valence-corrected chi connectivity index (χ2v) is 2.52. The lowest BCUT2D eigenvalue weighted by molar-refractivity contribution is -0.128. The average molecular weight is 183 g/mol. The first-order valence-corrected chi connectivity index (χ1v) is 3.57. The zero-order chi connectivity index (χ0) is 9.84. The predicted octanol–water partition coefficient (Wildman–Crippen LogP) is 0.146. The van der Waals surface area contributed by atoms with Crippen LogP contribution in [0.15, 0.2) is 18.2 Å². The Morgan fingerprint density at radius 1 is 1.38 bits per heavy atom. The SMILES string of the molecule is O=C(Cc1cc(O)ccc1O)NO. The van der Waals surface area contributed by atoms with Gasteiger partial charge in [-0.05, 0) is 18.2 Å². The highest BCUT2D eigenvalue weighted by Crippen LogP contribution is 2.22. The summed E-state index contributed by atoms with van der Waals surface area (Å²) in [4.78, 5) is 10.7. The zero-order valence-corrected chi connectivity index (χ0v) is 6.69. The summed E-state index contributed by atoms with van der Waals surface area (Å²) in [7, 11) is 0. The molecule has 0 radical (unpaired) electrons. The molecule has 1 rings (SSSR count). The largest absolute Gasteiger partial charge is 0.508 e. The number of hydroxylamine groups is 1. The van der Waals surface area contributed by atoms with E-state index in [1.165, 1.54) is 23.7 Å². The smallest absolute Gasteiger partial charge is 0.247 e. The number of hydrogen-bond acceptors (Lipinski definition) is 4. The van der Waals surface area contributed by atoms with E-state index < -0.39 is 5.91 Å². The Balaban J connectivity index is 2.87. The lowest BCUT2D eigenvalue weighted by Crippen LogP contribution is -2.20. The van der Waals surface area contributed by atoms with Gasteiger partial charge in [-0.1, -0.05) is 0 Å². The Labute approximate surface area is 74.2 Å². The Bertz CT molecular complexity index is 324. The number of hydrogen-bond donors (Lipinski definition) is 4. The van der Waals surface area contributed by atoms with Crippen molar-refractivity contribution in [2.75, 3.05) is 0 Å². The van der Waals surface area contributed by atoms with Gasteiger partial charge >= 0.3 is 0 Å². The Hall–Kier alpha value is -1.75. The zero-order valence-electron chi connectivity index (χ0n) is 6.69. The molecular formula is C8H9NO4. The standard InChI is InChI=1S/C8H9NO4/c10-6-1-2-7(11)5(3-6)4-8(12)9-13/h1-3,10-11,13H,4H2,(H,9,12). The van der Waals surface area contributed by atoms with Gasteiger partial charge in [0, 0.05) is 5.56 Å². The summed E-state index contributed by atoms with van der Waals surface area (Å²) in [5, 5.41) is 26.4. The first-order valence-electron chi connectivity index (χ1n) is 3.57. The van der Waals surface area contributed by atoms with E-state index in [9.17, 15) is 9.90 Å². The molecule has 0 aliphatic carbocycles. The minimum absolute atomic E-state index is 0.0430. The number of amides is 1. The number of carbonyl (C=O) groups is 1. The van der Waals surface area contributed by atoms with Crippen LogP contribution in [0.2, 0.25) is 0 Å². The number of phenolic OH excluding ortho intramolecular Hbond substituents is 2. The van der Waals surface area contributed by atoms with Crippen LogP contribution < -0.4 is 5.48 Å². The molecular weight excluding hydrogens is 174 g/mol. The van der Waals surface area contributed by atoms with E-state index in [1.807, 2.05) is 0 Å². The summed E-state index contributed by atoms with van der Waals surface area (Å²) in [6, 6.07) is 3.83. The maximum Gasteiger partial charge on any atom is 0.247 e. The van der Waals surface area contributed by atoms with Crippen molar-refractivity contribution in [1.29, 1.82) is 0 Å². The summed E-state index contributed by atoms with van der Waals surface area (Å²) in [5.41, 5.74) is 1.68. The second kappa shape index (κ2) is 3.77. The lowest BCUT2D eigenvalue weighted by atomic mass is 10.1. The van der Waals surface area contributed by atoms with Crippen LogP contribution in [-0.2, 0) is 11.2 Å². The third-order valence-electron chi connectivity index (χ3n) is 1.54. The van der Waals surface area contributed by atoms with Gasteiger partial charge in [-0.3, -0.25) is 10.0 Å². The molecule has 1 aromatic rings. The van der Waals surface area contributed by atoms with E-state index in [1.54, 1.807) is 0 Å². The lowest BCUT2D eigenvalue weighted by Gasteiger charge is -2.03. The average Bonchev–Trinajstić information content (AvgIpc) is 2.11. The molecule has 0 bridgehead atoms. The molecule has 0 saturated carbocycles. The molecule has 5 nitrogen and oxygen atoms in total. The molecule has 0 atom stereocenters. The van der Waals surface area contributed by atoms with Gasteiger partial charge in [0.25, 0.3) is 0 Å². The predicted molar refractivity (Wildman–Crippen MR) is 43.4 cm³/mol. The van der Waals surface area contributed by atoms with Crippen molar-refractivity contribution in [3.05, 3.63) is 23.8 Å². The highest BCUT2D eigenvalue weighted by molar-refractivity contribution is 5.78. The highest BCUT2D eigenvalue weighted by Gasteiger charge is 2.07. The Kier molecular flexibility index (Phi) is 2.71. The van der Waals surface area contributed by atoms with Gasteiger partial charge in [0.1, 0.15) is 11.5 Å². The third-order valence-corrected chi connectivity index (χ3v) is 1.54. The molecule has 1 amide bonds. The number of rotatable bonds is 2. The van der Waals surface area contributed by atoms with Crippen LogP contribution in [-0.4, -0.2) is 21.3 Å². The maximum atomic E-state index is 10.7. The molecule has 0 saturated heterocycles. The van der Waals surface area contributed by atoms with Gasteiger partial charge in [-0.15, -0.1) is 0 Å². The molecule has 0 spiro atoms. The fraction of sp³-hybridized carbons (Fsp3) is 0.125. The summed E-state index contributed by atoms with van der Waals surface area (Å²) < 4.78 is 0. The number of phenols is 2. The quantitative estimate of drug-likeness (QED) is 0.298. The first-order chi connectivity index (χ1) is 6.13. The molecule has 0 aromatic heterocycles. The molecule has 0 aliphatic rings. The Morgan fingerprint density at radius 2 is 2.08 bits per heavy atom. The molecule has 4 N–H and O–H groups in total. The normalized spacial score (nSPS) is 9.62. The van der Waals surface area contributed by atoms with Crippen molar-refractivity contribution in [2.45, 2.75) is 6.42 Å². The number of benzene rings is 1. The van der Waals surface area contributed by atoms with Crippen molar-refractivity contribution in [3.8, 4) is 11.5 Å². The van der Waals surface area contributed by atoms with Crippen molar-refractivity contribution in [1.82, 2.24) is 5.48 Å². The van der Waals surface area contributed by atoms with Crippen molar-refractivity contribution in [2.24, 2.45) is 0 Å². The highest BCUT2D eigenvalue weighted by atomic mass is 16.5. The van der Waals surface area contributed by atoms with E-state index in [-0.39, 0.29) is 23.5 Å². The minimum Gasteiger partial charge on any atom is -0.508 e. The molecule has 5 heteroatoms. The van der Waals surface area contributed by atoms with Crippen LogP contribution in [0.3, 0.4) is 0 Å². The fourth-order valence-electron chi connectivity index (χ4n) is 0.926. The second-order valence-electron chi connectivity index (χ2n) is 2.52. The monoisotopic (exact) mass is 183 g/mol. The molecule has 0 heterocycles. The van der Waals surface area contributed by atoms with Gasteiger partial charge in [0.05, 0.1) is 6.42 Å². The Morgan fingerprint density at radius 3 is 2.69 bits per heavy atom. The van der Waals surface area contributed by atoms with Crippen LogP contribution >= 0.6 is 0 Å². The number of carbonyl (C=O) groups excluding carboxylic acids is 1. The van der Waals surface area contributed by atoms with Gasteiger partial charge in [0.15, 0.2) is 0 Å². The van der Waals surface area contributed by atoms with Crippen molar-refractivity contribution < 1.29 is 20.2 Å². The summed E-state index contributed by atoms with van der Waals surface area (Å²) in [6.07, 6.45) is -0.184. The van der Waals surface area contributed by atoms with Crippen LogP contribution in [0.1, 0.15) is 5.56 Å². The first kappa shape index (κ1) is 9.34. The summed E-state index contributed by atoms with van der Waals surface area (Å²) >= 11 is 0. The van der Waals surface area contributed by atoms with E-state index in [2.05, 4.69) is 0 Å². The van der Waals surface area contributed by atoms with Gasteiger partial charge in [0.2, 0.25) is 5.91 Å². The molecule has 1 aromatic carbocycles. The number of aromatic hydroxyl groups is 2. The molecule has 0 aliphatic heterocycles. The van der Waals surface area contributed by atoms with E-state index in [0.29, 0.717) is 0 Å². The molecule has 70 valence electrons. The van der Waals surface area contributed by atoms with Gasteiger partial charge in [-0.25, -0.2) is 5.48 Å². The van der Waals surface area contributed by atoms with Crippen LogP contribution in [0, 0.1) is 0 Å². The fourth-order valence-corrected chi connectivity index (χ4v) is 0.926. The molecule has 0 unspecified atom stereocenters. The third kappa shape index (κ3) is 2.34. The van der Waals surface area contributed by atoms with Crippen LogP contribution in [0.4, 0.5) is 0 Å². The molecule has 13 heavy (non-hydrogen) atoms. The van der Waals surface area contributed by atoms with Crippen molar-refractivity contribution >= 4 is 5.91 Å². The van der Waals surface area contributed by atoms with E-state index in [0.717, 1.165) is 0 Å². The number of nitrogens with one attached hydrogen (secondary N) is 1. The molecule has 0 fully saturated rings. The van der Waals surface area contributed by atoms with Gasteiger partial charge < -0.3 is 10.2 Å². The van der Waals surface area contributed by atoms with Crippen LogP contribution in [0.25, 0.3) is 0 Å². The van der Waals surface area contributed by atoms with E-state index in [4.69, 9.17) is 10.3 Å².